The maximum absolute atomic E-state index is 13.1. The molecule has 24 heavy (non-hydrogen) atoms. The normalized spacial score (nSPS) is 24.9. The molecule has 0 unspecified atom stereocenters. The summed E-state index contributed by atoms with van der Waals surface area (Å²) in [5.74, 6) is -0.0186. The fraction of sp³-hybridized carbons (Fsp3) is 0.211. The number of benzene rings is 2. The van der Waals surface area contributed by atoms with Crippen LogP contribution in [0.3, 0.4) is 0 Å². The van der Waals surface area contributed by atoms with Crippen LogP contribution >= 0.6 is 15.9 Å². The quantitative estimate of drug-likeness (QED) is 0.556. The number of halogens is 1. The maximum Gasteiger partial charge on any atom is 0.255 e. The number of amides is 1. The highest BCUT2D eigenvalue weighted by Gasteiger charge is 2.53. The molecule has 3 aromatic rings. The molecule has 3 heterocycles. The molecule has 2 aliphatic rings. The first-order chi connectivity index (χ1) is 11.6. The van der Waals surface area contributed by atoms with Gasteiger partial charge in [0.2, 0.25) is 0 Å². The molecule has 0 bridgehead atoms. The van der Waals surface area contributed by atoms with E-state index < -0.39 is 5.54 Å². The number of hydrogen-bond acceptors (Lipinski definition) is 2. The fourth-order valence-corrected chi connectivity index (χ4v) is 4.56. The van der Waals surface area contributed by atoms with Gasteiger partial charge in [0, 0.05) is 32.7 Å². The van der Waals surface area contributed by atoms with Crippen LogP contribution in [0.4, 0.5) is 5.69 Å². The van der Waals surface area contributed by atoms with E-state index in [9.17, 15) is 4.79 Å². The average Bonchev–Trinajstić information content (AvgIpc) is 3.06. The highest BCUT2D eigenvalue weighted by Crippen LogP contribution is 2.46. The van der Waals surface area contributed by atoms with Crippen LogP contribution in [0.15, 0.2) is 46.9 Å². The average molecular weight is 382 g/mol. The third kappa shape index (κ3) is 1.69. The van der Waals surface area contributed by atoms with Crippen molar-refractivity contribution in [3.63, 3.8) is 0 Å². The number of aromatic nitrogens is 1. The van der Waals surface area contributed by atoms with Gasteiger partial charge in [-0.1, -0.05) is 34.1 Å². The number of H-pyrrole nitrogens is 1. The van der Waals surface area contributed by atoms with Crippen molar-refractivity contribution in [3.8, 4) is 0 Å². The fourth-order valence-electron chi connectivity index (χ4n) is 4.20. The second-order valence-corrected chi connectivity index (χ2v) is 7.58. The number of nitrogens with one attached hydrogen (secondary N) is 3. The summed E-state index contributed by atoms with van der Waals surface area (Å²) in [5.41, 5.74) is 4.27. The minimum atomic E-state index is -0.856. The number of aromatic amines is 1. The van der Waals surface area contributed by atoms with Crippen molar-refractivity contribution in [2.75, 3.05) is 5.32 Å². The van der Waals surface area contributed by atoms with Gasteiger partial charge in [0.15, 0.2) is 5.54 Å². The highest BCUT2D eigenvalue weighted by atomic mass is 79.9. The summed E-state index contributed by atoms with van der Waals surface area (Å²) in [6.07, 6.45) is 0.901. The van der Waals surface area contributed by atoms with Crippen molar-refractivity contribution in [2.45, 2.75) is 24.9 Å². The van der Waals surface area contributed by atoms with Gasteiger partial charge in [-0.3, -0.25) is 10.1 Å². The van der Waals surface area contributed by atoms with Crippen LogP contribution in [0.5, 0.6) is 0 Å². The van der Waals surface area contributed by atoms with Crippen LogP contribution in [-0.2, 0) is 16.8 Å². The lowest BCUT2D eigenvalue weighted by molar-refractivity contribution is -0.121. The molecule has 120 valence electrons. The van der Waals surface area contributed by atoms with Crippen LogP contribution in [0.1, 0.15) is 23.7 Å². The summed E-state index contributed by atoms with van der Waals surface area (Å²) in [6, 6.07) is 14.4. The zero-order chi connectivity index (χ0) is 16.5. The Morgan fingerprint density at radius 2 is 2.04 bits per heavy atom. The topological polar surface area (TPSA) is 56.9 Å². The number of carbonyl (C=O) groups is 1. The van der Waals surface area contributed by atoms with Gasteiger partial charge in [-0.2, -0.15) is 0 Å². The van der Waals surface area contributed by atoms with E-state index in [-0.39, 0.29) is 11.9 Å². The summed E-state index contributed by atoms with van der Waals surface area (Å²) in [6.45, 7) is 2.13. The molecule has 1 aromatic heterocycles. The molecule has 5 heteroatoms. The molecule has 3 N–H and O–H groups in total. The first kappa shape index (κ1) is 14.3. The second kappa shape index (κ2) is 4.71. The van der Waals surface area contributed by atoms with Gasteiger partial charge in [-0.15, -0.1) is 0 Å². The summed E-state index contributed by atoms with van der Waals surface area (Å²) in [7, 11) is 0. The monoisotopic (exact) mass is 381 g/mol. The van der Waals surface area contributed by atoms with Crippen molar-refractivity contribution >= 4 is 38.4 Å². The molecule has 1 spiro atoms. The van der Waals surface area contributed by atoms with Crippen molar-refractivity contribution < 1.29 is 4.79 Å². The third-order valence-corrected chi connectivity index (χ3v) is 5.63. The van der Waals surface area contributed by atoms with Crippen molar-refractivity contribution in [3.05, 3.63) is 63.8 Å². The van der Waals surface area contributed by atoms with E-state index >= 15 is 0 Å². The number of para-hydroxylation sites is 1. The molecule has 5 rings (SSSR count). The lowest BCUT2D eigenvalue weighted by atomic mass is 9.80. The van der Waals surface area contributed by atoms with Gasteiger partial charge in [-0.25, -0.2) is 0 Å². The number of rotatable bonds is 0. The Morgan fingerprint density at radius 1 is 1.21 bits per heavy atom. The SMILES string of the molecule is C[C@H]1Cc2c([nH]c3ccccc23)[C@@]2(N1)C(=O)Nc1ccc(Br)cc12. The Kier molecular flexibility index (Phi) is 2.80. The van der Waals surface area contributed by atoms with Crippen LogP contribution in [0.2, 0.25) is 0 Å². The zero-order valence-corrected chi connectivity index (χ0v) is 14.7. The maximum atomic E-state index is 13.1. The second-order valence-electron chi connectivity index (χ2n) is 6.67. The van der Waals surface area contributed by atoms with Crippen LogP contribution in [-0.4, -0.2) is 16.9 Å². The summed E-state index contributed by atoms with van der Waals surface area (Å²) >= 11 is 3.55. The van der Waals surface area contributed by atoms with E-state index in [0.29, 0.717) is 0 Å². The first-order valence-electron chi connectivity index (χ1n) is 8.09. The van der Waals surface area contributed by atoms with E-state index in [1.807, 2.05) is 24.3 Å². The summed E-state index contributed by atoms with van der Waals surface area (Å²) in [4.78, 5) is 16.6. The van der Waals surface area contributed by atoms with Crippen molar-refractivity contribution in [1.29, 1.82) is 0 Å². The lowest BCUT2D eigenvalue weighted by Gasteiger charge is -2.37. The van der Waals surface area contributed by atoms with E-state index in [2.05, 4.69) is 56.7 Å². The lowest BCUT2D eigenvalue weighted by Crippen LogP contribution is -2.56. The molecular formula is C19H16BrN3O. The van der Waals surface area contributed by atoms with Crippen molar-refractivity contribution in [2.24, 2.45) is 0 Å². The molecule has 4 nitrogen and oxygen atoms in total. The molecule has 0 fully saturated rings. The molecule has 0 saturated heterocycles. The van der Waals surface area contributed by atoms with E-state index in [1.54, 1.807) is 0 Å². The number of hydrogen-bond donors (Lipinski definition) is 3. The minimum Gasteiger partial charge on any atom is -0.356 e. The van der Waals surface area contributed by atoms with Gasteiger partial charge in [0.25, 0.3) is 5.91 Å². The molecular weight excluding hydrogens is 366 g/mol. The van der Waals surface area contributed by atoms with Crippen LogP contribution < -0.4 is 10.6 Å². The predicted molar refractivity (Wildman–Crippen MR) is 98.2 cm³/mol. The smallest absolute Gasteiger partial charge is 0.255 e. The molecule has 0 aliphatic carbocycles. The van der Waals surface area contributed by atoms with E-state index in [4.69, 9.17) is 0 Å². The third-order valence-electron chi connectivity index (χ3n) is 5.14. The summed E-state index contributed by atoms with van der Waals surface area (Å²) < 4.78 is 0.967. The molecule has 2 aliphatic heterocycles. The number of fused-ring (bicyclic) bond motifs is 6. The minimum absolute atomic E-state index is 0.0186. The van der Waals surface area contributed by atoms with Gasteiger partial charge in [0.1, 0.15) is 0 Å². The van der Waals surface area contributed by atoms with E-state index in [0.717, 1.165) is 33.4 Å². The Bertz CT molecular complexity index is 1010. The Hall–Kier alpha value is -2.11. The molecule has 2 atom stereocenters. The first-order valence-corrected chi connectivity index (χ1v) is 8.88. The Morgan fingerprint density at radius 3 is 2.92 bits per heavy atom. The molecule has 2 aromatic carbocycles. The van der Waals surface area contributed by atoms with Crippen LogP contribution in [0, 0.1) is 0 Å². The molecule has 0 saturated carbocycles. The standard InChI is InChI=1S/C19H16BrN3O/c1-10-8-13-12-4-2-3-5-15(12)21-17(13)19(23-10)14-9-11(20)6-7-16(14)22-18(19)24/h2-7,9-10,21,23H,8H2,1H3,(H,22,24)/t10-,19+/m0/s1. The van der Waals surface area contributed by atoms with E-state index in [1.165, 1.54) is 10.9 Å². The van der Waals surface area contributed by atoms with Crippen LogP contribution in [0.25, 0.3) is 10.9 Å². The largest absolute Gasteiger partial charge is 0.356 e. The molecule has 0 radical (unpaired) electrons. The van der Waals surface area contributed by atoms with Crippen molar-refractivity contribution in [1.82, 2.24) is 10.3 Å². The van der Waals surface area contributed by atoms with Gasteiger partial charge in [0.05, 0.1) is 5.69 Å². The van der Waals surface area contributed by atoms with Gasteiger partial charge < -0.3 is 10.3 Å². The zero-order valence-electron chi connectivity index (χ0n) is 13.1. The van der Waals surface area contributed by atoms with Gasteiger partial charge >= 0.3 is 0 Å². The summed E-state index contributed by atoms with van der Waals surface area (Å²) in [5, 5.41) is 7.83. The number of anilines is 1. The van der Waals surface area contributed by atoms with Gasteiger partial charge in [-0.05, 0) is 43.2 Å². The Labute approximate surface area is 147 Å². The number of carbonyl (C=O) groups excluding carboxylic acids is 1. The molecule has 1 amide bonds. The Balaban J connectivity index is 1.88. The highest BCUT2D eigenvalue weighted by molar-refractivity contribution is 9.10. The predicted octanol–water partition coefficient (Wildman–Crippen LogP) is 3.66.